The van der Waals surface area contributed by atoms with Crippen LogP contribution >= 0.6 is 0 Å². The molecule has 5 nitrogen and oxygen atoms in total. The highest BCUT2D eigenvalue weighted by molar-refractivity contribution is 5.82. The molecule has 5 heteroatoms. The van der Waals surface area contributed by atoms with E-state index in [1.54, 1.807) is 7.11 Å². The number of amides is 1. The fourth-order valence-corrected chi connectivity index (χ4v) is 3.44. The van der Waals surface area contributed by atoms with E-state index in [0.29, 0.717) is 19.6 Å². The summed E-state index contributed by atoms with van der Waals surface area (Å²) < 4.78 is 11.0. The van der Waals surface area contributed by atoms with Gasteiger partial charge in [-0.05, 0) is 48.7 Å². The number of nitrogens with one attached hydrogen (secondary N) is 2. The third-order valence-corrected chi connectivity index (χ3v) is 4.87. The number of hydrogen-bond donors (Lipinski definition) is 2. The van der Waals surface area contributed by atoms with Crippen molar-refractivity contribution in [1.29, 1.82) is 0 Å². The highest BCUT2D eigenvalue weighted by Gasteiger charge is 2.23. The van der Waals surface area contributed by atoms with Gasteiger partial charge in [0.25, 0.3) is 0 Å². The Labute approximate surface area is 152 Å². The Morgan fingerprint density at radius 3 is 3.04 bits per heavy atom. The van der Waals surface area contributed by atoms with Crippen molar-refractivity contribution in [3.8, 4) is 11.5 Å². The molecule has 1 aromatic heterocycles. The molecular weight excluding hydrogens is 328 g/mol. The van der Waals surface area contributed by atoms with E-state index in [1.165, 1.54) is 0 Å². The number of ether oxygens (including phenoxy) is 2. The normalized spacial score (nSPS) is 16.4. The average Bonchev–Trinajstić information content (AvgIpc) is 2.95. The first-order valence-electron chi connectivity index (χ1n) is 8.87. The highest BCUT2D eigenvalue weighted by atomic mass is 16.5. The molecule has 26 heavy (non-hydrogen) atoms. The zero-order valence-electron chi connectivity index (χ0n) is 14.7. The molecule has 1 aliphatic heterocycles. The van der Waals surface area contributed by atoms with Crippen molar-refractivity contribution < 1.29 is 14.3 Å². The van der Waals surface area contributed by atoms with Crippen LogP contribution < -0.4 is 14.8 Å². The lowest BCUT2D eigenvalue weighted by Crippen LogP contribution is -2.31. The zero-order chi connectivity index (χ0) is 17.9. The Morgan fingerprint density at radius 2 is 2.15 bits per heavy atom. The molecule has 4 rings (SSSR count). The summed E-state index contributed by atoms with van der Waals surface area (Å²) in [6.45, 7) is 1.05. The van der Waals surface area contributed by atoms with Gasteiger partial charge < -0.3 is 19.8 Å². The van der Waals surface area contributed by atoms with E-state index in [-0.39, 0.29) is 11.8 Å². The minimum absolute atomic E-state index is 0.0666. The molecule has 134 valence electrons. The maximum absolute atomic E-state index is 12.6. The first-order valence-corrected chi connectivity index (χ1v) is 8.87. The Balaban J connectivity index is 1.42. The molecule has 0 saturated heterocycles. The van der Waals surface area contributed by atoms with Crippen LogP contribution in [0.5, 0.6) is 11.5 Å². The van der Waals surface area contributed by atoms with Crippen LogP contribution in [-0.4, -0.2) is 24.6 Å². The summed E-state index contributed by atoms with van der Waals surface area (Å²) in [5, 5.41) is 4.13. The number of aromatic amines is 1. The molecular formula is C21H22N2O3. The number of carbonyl (C=O) groups excluding carboxylic acids is 1. The number of benzene rings is 2. The van der Waals surface area contributed by atoms with Crippen LogP contribution in [-0.2, 0) is 17.8 Å². The number of carbonyl (C=O) groups is 1. The van der Waals surface area contributed by atoms with E-state index < -0.39 is 0 Å². The smallest absolute Gasteiger partial charge is 0.223 e. The predicted octanol–water partition coefficient (Wildman–Crippen LogP) is 3.43. The third-order valence-electron chi connectivity index (χ3n) is 4.87. The Kier molecular flexibility index (Phi) is 4.52. The van der Waals surface area contributed by atoms with Crippen LogP contribution in [0.1, 0.15) is 17.7 Å². The molecule has 2 aromatic carbocycles. The van der Waals surface area contributed by atoms with Gasteiger partial charge >= 0.3 is 0 Å². The van der Waals surface area contributed by atoms with E-state index in [9.17, 15) is 4.79 Å². The summed E-state index contributed by atoms with van der Waals surface area (Å²) >= 11 is 0. The zero-order valence-corrected chi connectivity index (χ0v) is 14.7. The summed E-state index contributed by atoms with van der Waals surface area (Å²) in [5.74, 6) is 1.72. The number of H-pyrrole nitrogens is 1. The lowest BCUT2D eigenvalue weighted by Gasteiger charge is -2.13. The fourth-order valence-electron chi connectivity index (χ4n) is 3.44. The topological polar surface area (TPSA) is 63.3 Å². The monoisotopic (exact) mass is 350 g/mol. The quantitative estimate of drug-likeness (QED) is 0.758. The minimum atomic E-state index is -0.0666. The molecule has 2 N–H and O–H groups in total. The van der Waals surface area contributed by atoms with Crippen molar-refractivity contribution >= 4 is 16.8 Å². The van der Waals surface area contributed by atoms with Gasteiger partial charge in [0.05, 0.1) is 20.3 Å². The van der Waals surface area contributed by atoms with Gasteiger partial charge in [0.1, 0.15) is 11.5 Å². The van der Waals surface area contributed by atoms with Gasteiger partial charge in [-0.1, -0.05) is 18.2 Å². The predicted molar refractivity (Wildman–Crippen MR) is 100 cm³/mol. The molecule has 0 aliphatic carbocycles. The maximum Gasteiger partial charge on any atom is 0.223 e. The second kappa shape index (κ2) is 7.12. The van der Waals surface area contributed by atoms with Crippen LogP contribution in [0.25, 0.3) is 10.9 Å². The van der Waals surface area contributed by atoms with Gasteiger partial charge in [-0.15, -0.1) is 0 Å². The van der Waals surface area contributed by atoms with Gasteiger partial charge in [-0.3, -0.25) is 4.79 Å². The Bertz CT molecular complexity index is 932. The van der Waals surface area contributed by atoms with Crippen molar-refractivity contribution in [3.05, 3.63) is 59.8 Å². The van der Waals surface area contributed by atoms with Crippen molar-refractivity contribution in [2.45, 2.75) is 19.4 Å². The Hall–Kier alpha value is -2.95. The summed E-state index contributed by atoms with van der Waals surface area (Å²) in [4.78, 5) is 16.0. The SMILES string of the molecule is COc1ccc2[nH]c(CNC(=O)[C@@H]3CCOc4ccccc4C3)cc2c1. The van der Waals surface area contributed by atoms with E-state index >= 15 is 0 Å². The average molecular weight is 350 g/mol. The third kappa shape index (κ3) is 3.38. The lowest BCUT2D eigenvalue weighted by atomic mass is 9.96. The molecule has 0 fully saturated rings. The molecule has 1 amide bonds. The summed E-state index contributed by atoms with van der Waals surface area (Å²) in [7, 11) is 1.66. The van der Waals surface area contributed by atoms with Gasteiger partial charge in [0.2, 0.25) is 5.91 Å². The van der Waals surface area contributed by atoms with E-state index in [2.05, 4.69) is 10.3 Å². The Morgan fingerprint density at radius 1 is 1.27 bits per heavy atom. The van der Waals surface area contributed by atoms with Crippen molar-refractivity contribution in [3.63, 3.8) is 0 Å². The largest absolute Gasteiger partial charge is 0.497 e. The first kappa shape index (κ1) is 16.5. The molecule has 3 aromatic rings. The van der Waals surface area contributed by atoms with Crippen LogP contribution in [0.2, 0.25) is 0 Å². The second-order valence-electron chi connectivity index (χ2n) is 6.61. The summed E-state index contributed by atoms with van der Waals surface area (Å²) in [6.07, 6.45) is 1.44. The van der Waals surface area contributed by atoms with Crippen molar-refractivity contribution in [1.82, 2.24) is 10.3 Å². The molecule has 0 bridgehead atoms. The van der Waals surface area contributed by atoms with Gasteiger partial charge in [0, 0.05) is 22.5 Å². The molecule has 0 saturated carbocycles. The van der Waals surface area contributed by atoms with E-state index in [4.69, 9.17) is 9.47 Å². The van der Waals surface area contributed by atoms with Crippen LogP contribution in [0.3, 0.4) is 0 Å². The number of methoxy groups -OCH3 is 1. The van der Waals surface area contributed by atoms with Gasteiger partial charge in [-0.25, -0.2) is 0 Å². The minimum Gasteiger partial charge on any atom is -0.497 e. The van der Waals surface area contributed by atoms with Crippen LogP contribution in [0, 0.1) is 5.92 Å². The number of para-hydroxylation sites is 1. The fraction of sp³-hybridized carbons (Fsp3) is 0.286. The molecule has 1 aliphatic rings. The van der Waals surface area contributed by atoms with Crippen LogP contribution in [0.15, 0.2) is 48.5 Å². The summed E-state index contributed by atoms with van der Waals surface area (Å²) in [6, 6.07) is 15.9. The van der Waals surface area contributed by atoms with Crippen molar-refractivity contribution in [2.24, 2.45) is 5.92 Å². The van der Waals surface area contributed by atoms with Gasteiger partial charge in [0.15, 0.2) is 0 Å². The molecule has 2 heterocycles. The van der Waals surface area contributed by atoms with E-state index in [1.807, 2.05) is 48.5 Å². The number of aromatic nitrogens is 1. The lowest BCUT2D eigenvalue weighted by molar-refractivity contribution is -0.125. The molecule has 1 atom stereocenters. The second-order valence-corrected chi connectivity index (χ2v) is 6.61. The standard InChI is InChI=1S/C21H22N2O3/c1-25-18-6-7-19-16(12-18)11-17(23-19)13-22-21(24)15-8-9-26-20-5-3-2-4-14(20)10-15/h2-7,11-12,15,23H,8-10,13H2,1H3,(H,22,24)/t15-/m1/s1. The first-order chi connectivity index (χ1) is 12.7. The number of fused-ring (bicyclic) bond motifs is 2. The number of rotatable bonds is 4. The molecule has 0 spiro atoms. The van der Waals surface area contributed by atoms with Gasteiger partial charge in [-0.2, -0.15) is 0 Å². The molecule has 0 radical (unpaired) electrons. The van der Waals surface area contributed by atoms with E-state index in [0.717, 1.165) is 40.1 Å². The molecule has 0 unspecified atom stereocenters. The van der Waals surface area contributed by atoms with Crippen molar-refractivity contribution in [2.75, 3.05) is 13.7 Å². The summed E-state index contributed by atoms with van der Waals surface area (Å²) in [5.41, 5.74) is 3.11. The maximum atomic E-state index is 12.6. The highest BCUT2D eigenvalue weighted by Crippen LogP contribution is 2.27. The van der Waals surface area contributed by atoms with Crippen LogP contribution in [0.4, 0.5) is 0 Å². The number of hydrogen-bond acceptors (Lipinski definition) is 3.